The van der Waals surface area contributed by atoms with Gasteiger partial charge in [-0.05, 0) is 37.8 Å². The van der Waals surface area contributed by atoms with E-state index in [1.165, 1.54) is 22.3 Å². The van der Waals surface area contributed by atoms with Gasteiger partial charge in [0.1, 0.15) is 10.8 Å². The third kappa shape index (κ3) is 5.55. The predicted octanol–water partition coefficient (Wildman–Crippen LogP) is 2.07. The Morgan fingerprint density at radius 3 is 2.79 bits per heavy atom. The number of aromatic nitrogens is 2. The lowest BCUT2D eigenvalue weighted by Crippen LogP contribution is -2.41. The molecule has 0 aromatic carbocycles. The Morgan fingerprint density at radius 2 is 2.14 bits per heavy atom. The molecule has 152 valence electrons. The zero-order valence-electron chi connectivity index (χ0n) is 15.9. The number of nitrogens with zero attached hydrogens (tertiary/aromatic N) is 3. The molecular weight excluding hydrogens is 400 g/mol. The molecule has 1 N–H and O–H groups in total. The first-order chi connectivity index (χ1) is 13.3. The quantitative estimate of drug-likeness (QED) is 0.678. The smallest absolute Gasteiger partial charge is 0.254 e. The summed E-state index contributed by atoms with van der Waals surface area (Å²) < 4.78 is 29.7. The van der Waals surface area contributed by atoms with E-state index in [2.05, 4.69) is 15.5 Å². The minimum atomic E-state index is -3.13. The van der Waals surface area contributed by atoms with E-state index in [4.69, 9.17) is 4.52 Å². The van der Waals surface area contributed by atoms with Gasteiger partial charge < -0.3 is 9.84 Å². The van der Waals surface area contributed by atoms with Crippen LogP contribution >= 0.6 is 11.8 Å². The van der Waals surface area contributed by atoms with E-state index >= 15 is 0 Å². The van der Waals surface area contributed by atoms with Crippen LogP contribution in [0.1, 0.15) is 34.7 Å². The fraction of sp³-hybridized carbons (Fsp3) is 0.500. The standard InChI is InChI=1S/C18H24N4O4S2/c1-13-10-15(21-26-13)12-27-18-16(4-3-7-19-18)17(23)20-11-14-5-8-22(9-6-14)28(2,24)25/h3-4,7,10,14H,5-6,8-9,11-12H2,1-2H3,(H,20,23). The monoisotopic (exact) mass is 424 g/mol. The number of carbonyl (C=O) groups is 1. The van der Waals surface area contributed by atoms with E-state index in [1.807, 2.05) is 13.0 Å². The van der Waals surface area contributed by atoms with Crippen LogP contribution in [0.25, 0.3) is 0 Å². The molecule has 0 saturated carbocycles. The number of hydrogen-bond donors (Lipinski definition) is 1. The maximum Gasteiger partial charge on any atom is 0.254 e. The van der Waals surface area contributed by atoms with Crippen molar-refractivity contribution in [3.63, 3.8) is 0 Å². The molecule has 1 aliphatic heterocycles. The number of hydrogen-bond acceptors (Lipinski definition) is 7. The zero-order chi connectivity index (χ0) is 20.1. The molecule has 8 nitrogen and oxygen atoms in total. The van der Waals surface area contributed by atoms with E-state index in [1.54, 1.807) is 18.3 Å². The van der Waals surface area contributed by atoms with Gasteiger partial charge in [-0.15, -0.1) is 0 Å². The van der Waals surface area contributed by atoms with Gasteiger partial charge in [0.2, 0.25) is 10.0 Å². The second kappa shape index (κ2) is 9.06. The number of piperidine rings is 1. The second-order valence-corrected chi connectivity index (χ2v) is 9.84. The van der Waals surface area contributed by atoms with Gasteiger partial charge in [-0.1, -0.05) is 16.9 Å². The van der Waals surface area contributed by atoms with Crippen LogP contribution in [-0.4, -0.2) is 54.7 Å². The van der Waals surface area contributed by atoms with Crippen molar-refractivity contribution in [3.05, 3.63) is 41.4 Å². The molecule has 1 amide bonds. The lowest BCUT2D eigenvalue weighted by molar-refractivity contribution is 0.0938. The maximum atomic E-state index is 12.6. The maximum absolute atomic E-state index is 12.6. The second-order valence-electron chi connectivity index (χ2n) is 6.89. The molecule has 3 heterocycles. The van der Waals surface area contributed by atoms with Crippen LogP contribution in [-0.2, 0) is 15.8 Å². The van der Waals surface area contributed by atoms with E-state index in [9.17, 15) is 13.2 Å². The molecular formula is C18H24N4O4S2. The molecule has 0 bridgehead atoms. The Balaban J connectivity index is 1.53. The molecule has 0 radical (unpaired) electrons. The number of thioether (sulfide) groups is 1. The highest BCUT2D eigenvalue weighted by atomic mass is 32.2. The van der Waals surface area contributed by atoms with Gasteiger partial charge in [-0.3, -0.25) is 4.79 Å². The molecule has 1 fully saturated rings. The van der Waals surface area contributed by atoms with Gasteiger partial charge in [0.25, 0.3) is 5.91 Å². The Labute approximate surface area is 169 Å². The lowest BCUT2D eigenvalue weighted by atomic mass is 9.98. The van der Waals surface area contributed by atoms with Crippen LogP contribution in [0.4, 0.5) is 0 Å². The molecule has 10 heteroatoms. The number of rotatable bonds is 7. The first-order valence-corrected chi connectivity index (χ1v) is 11.9. The van der Waals surface area contributed by atoms with Crippen molar-refractivity contribution in [2.24, 2.45) is 5.92 Å². The summed E-state index contributed by atoms with van der Waals surface area (Å²) in [5.41, 5.74) is 1.33. The van der Waals surface area contributed by atoms with Crippen molar-refractivity contribution in [3.8, 4) is 0 Å². The Morgan fingerprint density at radius 1 is 1.39 bits per heavy atom. The van der Waals surface area contributed by atoms with Crippen LogP contribution < -0.4 is 5.32 Å². The largest absolute Gasteiger partial charge is 0.361 e. The van der Waals surface area contributed by atoms with E-state index in [0.717, 1.165) is 24.3 Å². The number of carbonyl (C=O) groups excluding carboxylic acids is 1. The fourth-order valence-corrected chi connectivity index (χ4v) is 4.83. The van der Waals surface area contributed by atoms with Crippen molar-refractivity contribution in [2.75, 3.05) is 25.9 Å². The first kappa shape index (κ1) is 20.8. The minimum absolute atomic E-state index is 0.169. The Hall–Kier alpha value is -1.91. The molecule has 2 aromatic heterocycles. The summed E-state index contributed by atoms with van der Waals surface area (Å²) in [7, 11) is -3.13. The highest BCUT2D eigenvalue weighted by Crippen LogP contribution is 2.24. The summed E-state index contributed by atoms with van der Waals surface area (Å²) in [6.45, 7) is 3.37. The van der Waals surface area contributed by atoms with Crippen LogP contribution in [0.2, 0.25) is 0 Å². The summed E-state index contributed by atoms with van der Waals surface area (Å²) in [6.07, 6.45) is 4.38. The highest BCUT2D eigenvalue weighted by molar-refractivity contribution is 7.98. The Bertz CT molecular complexity index is 921. The predicted molar refractivity (Wildman–Crippen MR) is 107 cm³/mol. The molecule has 0 unspecified atom stereocenters. The number of nitrogens with one attached hydrogen (secondary N) is 1. The molecule has 1 aliphatic rings. The summed E-state index contributed by atoms with van der Waals surface area (Å²) in [5, 5.41) is 7.57. The minimum Gasteiger partial charge on any atom is -0.361 e. The molecule has 0 aliphatic carbocycles. The summed E-state index contributed by atoms with van der Waals surface area (Å²) in [5.74, 6) is 1.42. The van der Waals surface area contributed by atoms with E-state index in [-0.39, 0.29) is 11.8 Å². The number of amides is 1. The van der Waals surface area contributed by atoms with Gasteiger partial charge in [-0.2, -0.15) is 0 Å². The molecule has 2 aromatic rings. The van der Waals surface area contributed by atoms with Crippen molar-refractivity contribution in [2.45, 2.75) is 30.5 Å². The van der Waals surface area contributed by atoms with Gasteiger partial charge >= 0.3 is 0 Å². The normalized spacial score (nSPS) is 16.2. The fourth-order valence-electron chi connectivity index (χ4n) is 3.08. The van der Waals surface area contributed by atoms with Gasteiger partial charge in [-0.25, -0.2) is 17.7 Å². The van der Waals surface area contributed by atoms with Gasteiger partial charge in [0, 0.05) is 37.7 Å². The van der Waals surface area contributed by atoms with Crippen LogP contribution in [0.3, 0.4) is 0 Å². The van der Waals surface area contributed by atoms with Gasteiger partial charge in [0.05, 0.1) is 17.5 Å². The van der Waals surface area contributed by atoms with Crippen molar-refractivity contribution >= 4 is 27.7 Å². The van der Waals surface area contributed by atoms with E-state index < -0.39 is 10.0 Å². The summed E-state index contributed by atoms with van der Waals surface area (Å²) >= 11 is 1.44. The summed E-state index contributed by atoms with van der Waals surface area (Å²) in [4.78, 5) is 17.0. The Kier molecular flexibility index (Phi) is 6.73. The van der Waals surface area contributed by atoms with Crippen LogP contribution in [0, 0.1) is 12.8 Å². The van der Waals surface area contributed by atoms with Crippen LogP contribution in [0.5, 0.6) is 0 Å². The van der Waals surface area contributed by atoms with E-state index in [0.29, 0.717) is 36.0 Å². The van der Waals surface area contributed by atoms with Crippen molar-refractivity contribution < 1.29 is 17.7 Å². The highest BCUT2D eigenvalue weighted by Gasteiger charge is 2.25. The zero-order valence-corrected chi connectivity index (χ0v) is 17.6. The van der Waals surface area contributed by atoms with Crippen molar-refractivity contribution in [1.29, 1.82) is 0 Å². The molecule has 28 heavy (non-hydrogen) atoms. The first-order valence-electron chi connectivity index (χ1n) is 9.06. The third-order valence-electron chi connectivity index (χ3n) is 4.64. The lowest BCUT2D eigenvalue weighted by Gasteiger charge is -2.30. The summed E-state index contributed by atoms with van der Waals surface area (Å²) in [6, 6.07) is 5.35. The molecule has 1 saturated heterocycles. The van der Waals surface area contributed by atoms with Crippen molar-refractivity contribution in [1.82, 2.24) is 19.8 Å². The number of pyridine rings is 1. The molecule has 0 spiro atoms. The average Bonchev–Trinajstić information content (AvgIpc) is 3.09. The van der Waals surface area contributed by atoms with Gasteiger partial charge in [0.15, 0.2) is 0 Å². The number of aryl methyl sites for hydroxylation is 1. The average molecular weight is 425 g/mol. The topological polar surface area (TPSA) is 105 Å². The van der Waals surface area contributed by atoms with Crippen LogP contribution in [0.15, 0.2) is 33.9 Å². The SMILES string of the molecule is Cc1cc(CSc2ncccc2C(=O)NCC2CCN(S(C)(=O)=O)CC2)no1. The molecule has 3 rings (SSSR count). The molecule has 0 atom stereocenters. The number of sulfonamides is 1. The third-order valence-corrected chi connectivity index (χ3v) is 6.99.